The highest BCUT2D eigenvalue weighted by Gasteiger charge is 2.32. The number of alkyl halides is 3. The predicted molar refractivity (Wildman–Crippen MR) is 121 cm³/mol. The van der Waals surface area contributed by atoms with E-state index >= 15 is 0 Å². The van der Waals surface area contributed by atoms with E-state index in [4.69, 9.17) is 4.74 Å². The molecule has 1 atom stereocenters. The fourth-order valence-corrected chi connectivity index (χ4v) is 4.45. The van der Waals surface area contributed by atoms with Crippen LogP contribution in [0.15, 0.2) is 54.7 Å². The molecule has 0 radical (unpaired) electrons. The van der Waals surface area contributed by atoms with Gasteiger partial charge in [-0.15, -0.1) is 13.2 Å². The van der Waals surface area contributed by atoms with Crippen LogP contribution in [0.2, 0.25) is 0 Å². The molecule has 2 aliphatic rings. The van der Waals surface area contributed by atoms with Crippen LogP contribution in [-0.4, -0.2) is 43.6 Å². The van der Waals surface area contributed by atoms with Crippen molar-refractivity contribution in [1.82, 2.24) is 4.98 Å². The van der Waals surface area contributed by atoms with Gasteiger partial charge in [-0.05, 0) is 46.5 Å². The third-order valence-electron chi connectivity index (χ3n) is 6.15. The van der Waals surface area contributed by atoms with E-state index in [1.165, 1.54) is 12.1 Å². The molecular formula is C25H22F3N3O3. The van der Waals surface area contributed by atoms with Gasteiger partial charge in [0.25, 0.3) is 5.91 Å². The lowest BCUT2D eigenvalue weighted by Gasteiger charge is -2.28. The van der Waals surface area contributed by atoms with Gasteiger partial charge in [0.05, 0.1) is 13.2 Å². The molecule has 0 aliphatic carbocycles. The Labute approximate surface area is 194 Å². The first-order chi connectivity index (χ1) is 16.3. The molecule has 34 heavy (non-hydrogen) atoms. The summed E-state index contributed by atoms with van der Waals surface area (Å²) in [6.07, 6.45) is -3.07. The second kappa shape index (κ2) is 8.64. The van der Waals surface area contributed by atoms with Crippen LogP contribution in [0.1, 0.15) is 34.3 Å². The van der Waals surface area contributed by atoms with E-state index in [1.807, 2.05) is 37.3 Å². The largest absolute Gasteiger partial charge is 0.573 e. The zero-order valence-corrected chi connectivity index (χ0v) is 18.4. The predicted octanol–water partition coefficient (Wildman–Crippen LogP) is 5.20. The number of aromatic nitrogens is 1. The minimum atomic E-state index is -4.81. The van der Waals surface area contributed by atoms with Gasteiger partial charge >= 0.3 is 6.36 Å². The Kier molecular flexibility index (Phi) is 5.65. The molecule has 2 aliphatic heterocycles. The number of nitrogens with one attached hydrogen (secondary N) is 1. The van der Waals surface area contributed by atoms with Gasteiger partial charge in [-0.25, -0.2) is 4.98 Å². The summed E-state index contributed by atoms with van der Waals surface area (Å²) in [6, 6.07) is 13.6. The Morgan fingerprint density at radius 3 is 2.53 bits per heavy atom. The van der Waals surface area contributed by atoms with Gasteiger partial charge in [0, 0.05) is 42.5 Å². The lowest BCUT2D eigenvalue weighted by molar-refractivity contribution is -0.274. The highest BCUT2D eigenvalue weighted by atomic mass is 19.4. The lowest BCUT2D eigenvalue weighted by atomic mass is 9.88. The Morgan fingerprint density at radius 2 is 1.76 bits per heavy atom. The van der Waals surface area contributed by atoms with E-state index in [0.29, 0.717) is 30.0 Å². The summed E-state index contributed by atoms with van der Waals surface area (Å²) < 4.78 is 47.4. The van der Waals surface area contributed by atoms with Crippen molar-refractivity contribution >= 4 is 17.4 Å². The van der Waals surface area contributed by atoms with Crippen LogP contribution in [0.5, 0.6) is 5.75 Å². The summed E-state index contributed by atoms with van der Waals surface area (Å²) in [4.78, 5) is 19.7. The van der Waals surface area contributed by atoms with E-state index in [-0.39, 0.29) is 17.6 Å². The van der Waals surface area contributed by atoms with Crippen molar-refractivity contribution in [2.45, 2.75) is 19.2 Å². The van der Waals surface area contributed by atoms with Gasteiger partial charge in [0.1, 0.15) is 11.6 Å². The molecule has 1 saturated heterocycles. The molecule has 176 valence electrons. The maximum Gasteiger partial charge on any atom is 0.573 e. The average molecular weight is 469 g/mol. The van der Waals surface area contributed by atoms with Crippen LogP contribution < -0.4 is 15.0 Å². The number of hydrogen-bond donors (Lipinski definition) is 1. The highest BCUT2D eigenvalue weighted by molar-refractivity contribution is 6.08. The standard InChI is InChI=1S/C25H22F3N3O3/c1-15-19-4-2-16(17-6-7-29-23(13-17)31-8-10-33-11-9-31)12-21(19)24(32)30-22-14-18(3-5-20(15)22)34-25(26,27)28/h2-7,12-15H,8-11H2,1H3,(H,30,32). The molecule has 0 spiro atoms. The van der Waals surface area contributed by atoms with Gasteiger partial charge in [0.15, 0.2) is 0 Å². The van der Waals surface area contributed by atoms with Crippen LogP contribution in [0.3, 0.4) is 0 Å². The van der Waals surface area contributed by atoms with Crippen LogP contribution in [-0.2, 0) is 4.74 Å². The fraction of sp³-hybridized carbons (Fsp3) is 0.280. The van der Waals surface area contributed by atoms with Crippen molar-refractivity contribution < 1.29 is 27.4 Å². The molecular weight excluding hydrogens is 447 g/mol. The second-order valence-electron chi connectivity index (χ2n) is 8.28. The zero-order valence-electron chi connectivity index (χ0n) is 18.4. The first-order valence-corrected chi connectivity index (χ1v) is 10.9. The number of pyridine rings is 1. The number of amides is 1. The number of anilines is 2. The lowest BCUT2D eigenvalue weighted by Crippen LogP contribution is -2.36. The van der Waals surface area contributed by atoms with Crippen molar-refractivity contribution in [3.63, 3.8) is 0 Å². The second-order valence-corrected chi connectivity index (χ2v) is 8.28. The van der Waals surface area contributed by atoms with E-state index in [1.54, 1.807) is 12.3 Å². The number of ether oxygens (including phenoxy) is 2. The van der Waals surface area contributed by atoms with Crippen molar-refractivity contribution in [3.8, 4) is 16.9 Å². The Balaban J connectivity index is 1.48. The number of hydrogen-bond acceptors (Lipinski definition) is 5. The molecule has 5 rings (SSSR count). The molecule has 1 aromatic heterocycles. The zero-order chi connectivity index (χ0) is 23.9. The fourth-order valence-electron chi connectivity index (χ4n) is 4.45. The summed E-state index contributed by atoms with van der Waals surface area (Å²) >= 11 is 0. The molecule has 1 fully saturated rings. The summed E-state index contributed by atoms with van der Waals surface area (Å²) in [6.45, 7) is 4.75. The summed E-state index contributed by atoms with van der Waals surface area (Å²) in [5, 5.41) is 2.76. The van der Waals surface area contributed by atoms with Gasteiger partial charge in [-0.2, -0.15) is 0 Å². The van der Waals surface area contributed by atoms with Crippen molar-refractivity contribution in [2.24, 2.45) is 0 Å². The molecule has 1 amide bonds. The number of carbonyl (C=O) groups excluding carboxylic acids is 1. The number of nitrogens with zero attached hydrogens (tertiary/aromatic N) is 2. The summed E-state index contributed by atoms with van der Waals surface area (Å²) in [5.41, 5.74) is 4.06. The van der Waals surface area contributed by atoms with Gasteiger partial charge in [-0.1, -0.05) is 25.1 Å². The third-order valence-corrected chi connectivity index (χ3v) is 6.15. The first kappa shape index (κ1) is 22.2. The number of halogens is 3. The van der Waals surface area contributed by atoms with Crippen LogP contribution >= 0.6 is 0 Å². The van der Waals surface area contributed by atoms with Crippen LogP contribution in [0.4, 0.5) is 24.7 Å². The van der Waals surface area contributed by atoms with Crippen LogP contribution in [0, 0.1) is 0 Å². The number of fused-ring (bicyclic) bond motifs is 2. The molecule has 6 nitrogen and oxygen atoms in total. The summed E-state index contributed by atoms with van der Waals surface area (Å²) in [5.74, 6) is -0.121. The van der Waals surface area contributed by atoms with Crippen molar-refractivity contribution in [2.75, 3.05) is 36.5 Å². The number of rotatable bonds is 3. The van der Waals surface area contributed by atoms with Gasteiger partial charge < -0.3 is 19.7 Å². The molecule has 0 bridgehead atoms. The molecule has 1 unspecified atom stereocenters. The van der Waals surface area contributed by atoms with Gasteiger partial charge in [0.2, 0.25) is 0 Å². The third kappa shape index (κ3) is 4.43. The van der Waals surface area contributed by atoms with E-state index in [2.05, 4.69) is 19.9 Å². The van der Waals surface area contributed by atoms with E-state index in [0.717, 1.165) is 35.6 Å². The van der Waals surface area contributed by atoms with Crippen LogP contribution in [0.25, 0.3) is 11.1 Å². The molecule has 9 heteroatoms. The van der Waals surface area contributed by atoms with Crippen molar-refractivity contribution in [3.05, 3.63) is 71.4 Å². The minimum Gasteiger partial charge on any atom is -0.406 e. The monoisotopic (exact) mass is 469 g/mol. The molecule has 2 aromatic carbocycles. The highest BCUT2D eigenvalue weighted by Crippen LogP contribution is 2.39. The molecule has 3 aromatic rings. The van der Waals surface area contributed by atoms with E-state index in [9.17, 15) is 18.0 Å². The molecule has 3 heterocycles. The average Bonchev–Trinajstić information content (AvgIpc) is 2.92. The molecule has 1 N–H and O–H groups in total. The first-order valence-electron chi connectivity index (χ1n) is 10.9. The SMILES string of the molecule is CC1c2ccc(OC(F)(F)F)cc2NC(=O)c2cc(-c3ccnc(N4CCOCC4)c3)ccc21. The Morgan fingerprint density at radius 1 is 1.03 bits per heavy atom. The Bertz CT molecular complexity index is 1240. The number of carbonyl (C=O) groups is 1. The maximum atomic E-state index is 13.1. The summed E-state index contributed by atoms with van der Waals surface area (Å²) in [7, 11) is 0. The topological polar surface area (TPSA) is 63.7 Å². The minimum absolute atomic E-state index is 0.209. The number of morpholine rings is 1. The smallest absolute Gasteiger partial charge is 0.406 e. The molecule has 0 saturated carbocycles. The number of benzene rings is 2. The van der Waals surface area contributed by atoms with E-state index < -0.39 is 6.36 Å². The quantitative estimate of drug-likeness (QED) is 0.571. The maximum absolute atomic E-state index is 13.1. The Hall–Kier alpha value is -3.59. The van der Waals surface area contributed by atoms with Crippen molar-refractivity contribution in [1.29, 1.82) is 0 Å². The normalized spacial score (nSPS) is 17.9. The van der Waals surface area contributed by atoms with Gasteiger partial charge in [-0.3, -0.25) is 4.79 Å².